The first-order valence-electron chi connectivity index (χ1n) is 5.81. The van der Waals surface area contributed by atoms with Gasteiger partial charge in [0.15, 0.2) is 0 Å². The predicted molar refractivity (Wildman–Crippen MR) is 66.3 cm³/mol. The Hall–Kier alpha value is -1.68. The first-order valence-corrected chi connectivity index (χ1v) is 5.81. The summed E-state index contributed by atoms with van der Waals surface area (Å²) < 4.78 is 31.8. The second-order valence-corrected chi connectivity index (χ2v) is 4.32. The van der Waals surface area contributed by atoms with Crippen molar-refractivity contribution in [2.45, 2.75) is 19.4 Å². The molecule has 2 nitrogen and oxygen atoms in total. The van der Waals surface area contributed by atoms with Crippen molar-refractivity contribution in [3.05, 3.63) is 47.7 Å². The van der Waals surface area contributed by atoms with Crippen LogP contribution in [-0.2, 0) is 6.42 Å². The number of hydrogen-bond acceptors (Lipinski definition) is 2. The van der Waals surface area contributed by atoms with Crippen LogP contribution in [0, 0.1) is 11.6 Å². The Morgan fingerprint density at radius 2 is 1.83 bits per heavy atom. The number of rotatable bonds is 4. The monoisotopic (exact) mass is 251 g/mol. The zero-order chi connectivity index (χ0) is 13.1. The fourth-order valence-electron chi connectivity index (χ4n) is 1.74. The van der Waals surface area contributed by atoms with Gasteiger partial charge in [0.25, 0.3) is 0 Å². The maximum absolute atomic E-state index is 13.1. The molecule has 0 saturated heterocycles. The summed E-state index contributed by atoms with van der Waals surface area (Å²) in [6, 6.07) is 7.20. The highest BCUT2D eigenvalue weighted by Gasteiger charge is 2.09. The van der Waals surface area contributed by atoms with E-state index < -0.39 is 11.6 Å². The summed E-state index contributed by atoms with van der Waals surface area (Å²) in [5, 5.41) is 3.10. The lowest BCUT2D eigenvalue weighted by Gasteiger charge is -2.06. The van der Waals surface area contributed by atoms with Crippen molar-refractivity contribution >= 4 is 0 Å². The fourth-order valence-corrected chi connectivity index (χ4v) is 1.74. The number of hydrogen-bond donors (Lipinski definition) is 1. The van der Waals surface area contributed by atoms with Gasteiger partial charge in [0.1, 0.15) is 23.2 Å². The van der Waals surface area contributed by atoms with Gasteiger partial charge < -0.3 is 9.73 Å². The first kappa shape index (κ1) is 12.8. The number of likely N-dealkylation sites (N-methyl/N-ethyl adjacent to an activating group) is 1. The van der Waals surface area contributed by atoms with Crippen LogP contribution in [0.3, 0.4) is 0 Å². The molecule has 1 atom stereocenters. The maximum atomic E-state index is 13.1. The lowest BCUT2D eigenvalue weighted by molar-refractivity contribution is 0.480. The van der Waals surface area contributed by atoms with Crippen molar-refractivity contribution < 1.29 is 13.2 Å². The quantitative estimate of drug-likeness (QED) is 0.901. The van der Waals surface area contributed by atoms with E-state index in [4.69, 9.17) is 4.42 Å². The minimum absolute atomic E-state index is 0.285. The summed E-state index contributed by atoms with van der Waals surface area (Å²) in [7, 11) is 1.87. The fraction of sp³-hybridized carbons (Fsp3) is 0.286. The van der Waals surface area contributed by atoms with Gasteiger partial charge in [-0.05, 0) is 38.2 Å². The molecule has 0 spiro atoms. The number of benzene rings is 1. The van der Waals surface area contributed by atoms with Crippen molar-refractivity contribution in [3.63, 3.8) is 0 Å². The minimum Gasteiger partial charge on any atom is -0.461 e. The van der Waals surface area contributed by atoms with Crippen LogP contribution >= 0.6 is 0 Å². The Kier molecular flexibility index (Phi) is 3.77. The van der Waals surface area contributed by atoms with Gasteiger partial charge in [-0.15, -0.1) is 0 Å². The Balaban J connectivity index is 2.23. The van der Waals surface area contributed by atoms with Crippen LogP contribution in [0.25, 0.3) is 11.3 Å². The van der Waals surface area contributed by atoms with E-state index in [0.717, 1.165) is 18.2 Å². The van der Waals surface area contributed by atoms with Gasteiger partial charge in [0.2, 0.25) is 0 Å². The molecule has 18 heavy (non-hydrogen) atoms. The molecule has 0 radical (unpaired) electrons. The van der Waals surface area contributed by atoms with E-state index in [9.17, 15) is 8.78 Å². The van der Waals surface area contributed by atoms with Gasteiger partial charge in [-0.1, -0.05) is 0 Å². The Morgan fingerprint density at radius 3 is 2.44 bits per heavy atom. The molecule has 4 heteroatoms. The van der Waals surface area contributed by atoms with Crippen molar-refractivity contribution in [3.8, 4) is 11.3 Å². The summed E-state index contributed by atoms with van der Waals surface area (Å²) in [5.41, 5.74) is 0.413. The van der Waals surface area contributed by atoms with Gasteiger partial charge >= 0.3 is 0 Å². The van der Waals surface area contributed by atoms with E-state index in [1.54, 1.807) is 6.07 Å². The van der Waals surface area contributed by atoms with Crippen LogP contribution in [0.1, 0.15) is 12.7 Å². The van der Waals surface area contributed by atoms with E-state index in [0.29, 0.717) is 11.3 Å². The molecule has 0 aliphatic heterocycles. The lowest BCUT2D eigenvalue weighted by Crippen LogP contribution is -2.23. The van der Waals surface area contributed by atoms with Crippen LogP contribution in [0.4, 0.5) is 8.78 Å². The molecule has 2 rings (SSSR count). The second-order valence-electron chi connectivity index (χ2n) is 4.32. The predicted octanol–water partition coefficient (Wildman–Crippen LogP) is 3.38. The van der Waals surface area contributed by atoms with Crippen LogP contribution in [0.5, 0.6) is 0 Å². The normalized spacial score (nSPS) is 12.7. The molecule has 1 aromatic carbocycles. The molecular formula is C14H15F2NO. The van der Waals surface area contributed by atoms with E-state index in [1.165, 1.54) is 12.1 Å². The first-order chi connectivity index (χ1) is 8.58. The van der Waals surface area contributed by atoms with Gasteiger partial charge in [-0.2, -0.15) is 0 Å². The van der Waals surface area contributed by atoms with Crippen LogP contribution in [-0.4, -0.2) is 13.1 Å². The Morgan fingerprint density at radius 1 is 1.17 bits per heavy atom. The summed E-state index contributed by atoms with van der Waals surface area (Å²) in [4.78, 5) is 0. The number of halogens is 2. The standard InChI is InChI=1S/C14H15F2NO/c1-9(17-2)5-13-3-4-14(18-13)10-6-11(15)8-12(16)7-10/h3-4,6-9,17H,5H2,1-2H3. The van der Waals surface area contributed by atoms with Crippen molar-refractivity contribution in [2.75, 3.05) is 7.05 Å². The Labute approximate surface area is 105 Å². The van der Waals surface area contributed by atoms with Gasteiger partial charge in [0.05, 0.1) is 0 Å². The van der Waals surface area contributed by atoms with Crippen LogP contribution in [0.15, 0.2) is 34.7 Å². The molecular weight excluding hydrogens is 236 g/mol. The van der Waals surface area contributed by atoms with E-state index in [1.807, 2.05) is 20.0 Å². The number of furan rings is 1. The third-order valence-corrected chi connectivity index (χ3v) is 2.81. The molecule has 1 heterocycles. The Bertz CT molecular complexity index is 516. The molecule has 1 aromatic heterocycles. The largest absolute Gasteiger partial charge is 0.461 e. The van der Waals surface area contributed by atoms with Crippen LogP contribution < -0.4 is 5.32 Å². The highest BCUT2D eigenvalue weighted by atomic mass is 19.1. The third kappa shape index (κ3) is 2.96. The summed E-state index contributed by atoms with van der Waals surface area (Å²) in [5.74, 6) is 0.0568. The molecule has 96 valence electrons. The zero-order valence-corrected chi connectivity index (χ0v) is 10.3. The summed E-state index contributed by atoms with van der Waals surface area (Å²) in [6.45, 7) is 2.03. The van der Waals surface area contributed by atoms with E-state index >= 15 is 0 Å². The van der Waals surface area contributed by atoms with E-state index in [-0.39, 0.29) is 6.04 Å². The van der Waals surface area contributed by atoms with Crippen LogP contribution in [0.2, 0.25) is 0 Å². The molecule has 0 fully saturated rings. The molecule has 0 saturated carbocycles. The highest BCUT2D eigenvalue weighted by molar-refractivity contribution is 5.57. The lowest BCUT2D eigenvalue weighted by atomic mass is 10.1. The van der Waals surface area contributed by atoms with Crippen molar-refractivity contribution in [2.24, 2.45) is 0 Å². The summed E-state index contributed by atoms with van der Waals surface area (Å²) >= 11 is 0. The minimum atomic E-state index is -0.605. The average Bonchev–Trinajstić information content (AvgIpc) is 2.76. The van der Waals surface area contributed by atoms with Crippen molar-refractivity contribution in [1.29, 1.82) is 0 Å². The van der Waals surface area contributed by atoms with Gasteiger partial charge in [-0.25, -0.2) is 8.78 Å². The average molecular weight is 251 g/mol. The van der Waals surface area contributed by atoms with Gasteiger partial charge in [0, 0.05) is 24.1 Å². The molecule has 0 aliphatic rings. The highest BCUT2D eigenvalue weighted by Crippen LogP contribution is 2.24. The smallest absolute Gasteiger partial charge is 0.134 e. The SMILES string of the molecule is CNC(C)Cc1ccc(-c2cc(F)cc(F)c2)o1. The molecule has 0 bridgehead atoms. The van der Waals surface area contributed by atoms with Gasteiger partial charge in [-0.3, -0.25) is 0 Å². The number of nitrogens with one attached hydrogen (secondary N) is 1. The topological polar surface area (TPSA) is 25.2 Å². The maximum Gasteiger partial charge on any atom is 0.134 e. The molecule has 0 aliphatic carbocycles. The molecule has 1 N–H and O–H groups in total. The summed E-state index contributed by atoms with van der Waals surface area (Å²) in [6.07, 6.45) is 0.730. The molecule has 0 amide bonds. The molecule has 1 unspecified atom stereocenters. The second kappa shape index (κ2) is 5.31. The third-order valence-electron chi connectivity index (χ3n) is 2.81. The van der Waals surface area contributed by atoms with Crippen molar-refractivity contribution in [1.82, 2.24) is 5.32 Å². The van der Waals surface area contributed by atoms with E-state index in [2.05, 4.69) is 5.32 Å². The zero-order valence-electron chi connectivity index (χ0n) is 10.3. The molecule has 2 aromatic rings.